The fourth-order valence-corrected chi connectivity index (χ4v) is 4.68. The van der Waals surface area contributed by atoms with E-state index in [1.54, 1.807) is 0 Å². The summed E-state index contributed by atoms with van der Waals surface area (Å²) in [4.78, 5) is 14.3. The Kier molecular flexibility index (Phi) is 5.96. The number of carbonyl (C=O) groups excluding carboxylic acids is 1. The standard InChI is InChI=1S/C18H27N3O3S/c22-18(5-4-15-6-8-19-9-7-15)20-16-2-1-3-17(14-16)21-10-12-25(23,24)13-11-21/h1-3,14-15,19H,4-13H2,(H,20,22). The van der Waals surface area contributed by atoms with Crippen LogP contribution in [0.3, 0.4) is 0 Å². The molecule has 2 aliphatic heterocycles. The summed E-state index contributed by atoms with van der Waals surface area (Å²) in [5, 5.41) is 6.32. The lowest BCUT2D eigenvalue weighted by atomic mass is 9.93. The highest BCUT2D eigenvalue weighted by atomic mass is 32.2. The van der Waals surface area contributed by atoms with Crippen LogP contribution in [0.5, 0.6) is 0 Å². The van der Waals surface area contributed by atoms with E-state index in [0.717, 1.165) is 43.7 Å². The van der Waals surface area contributed by atoms with Gasteiger partial charge in [-0.3, -0.25) is 4.79 Å². The predicted molar refractivity (Wildman–Crippen MR) is 101 cm³/mol. The van der Waals surface area contributed by atoms with E-state index < -0.39 is 9.84 Å². The van der Waals surface area contributed by atoms with E-state index in [1.165, 1.54) is 0 Å². The summed E-state index contributed by atoms with van der Waals surface area (Å²) in [6, 6.07) is 7.68. The number of piperidine rings is 1. The van der Waals surface area contributed by atoms with Crippen LogP contribution in [0.2, 0.25) is 0 Å². The summed E-state index contributed by atoms with van der Waals surface area (Å²) in [7, 11) is -2.89. The second kappa shape index (κ2) is 8.19. The van der Waals surface area contributed by atoms with Gasteiger partial charge in [-0.25, -0.2) is 8.42 Å². The van der Waals surface area contributed by atoms with Crippen molar-refractivity contribution in [2.75, 3.05) is 47.9 Å². The molecule has 1 amide bonds. The van der Waals surface area contributed by atoms with Gasteiger partial charge < -0.3 is 15.5 Å². The van der Waals surface area contributed by atoms with Gasteiger partial charge in [0.1, 0.15) is 0 Å². The zero-order valence-electron chi connectivity index (χ0n) is 14.5. The van der Waals surface area contributed by atoms with Crippen LogP contribution in [-0.2, 0) is 14.6 Å². The van der Waals surface area contributed by atoms with Crippen molar-refractivity contribution in [2.24, 2.45) is 5.92 Å². The molecule has 3 rings (SSSR count). The molecule has 0 aromatic heterocycles. The number of sulfone groups is 1. The molecule has 0 radical (unpaired) electrons. The molecule has 2 saturated heterocycles. The molecule has 138 valence electrons. The first-order valence-electron chi connectivity index (χ1n) is 9.08. The quantitative estimate of drug-likeness (QED) is 0.829. The second-order valence-corrected chi connectivity index (χ2v) is 9.27. The zero-order valence-corrected chi connectivity index (χ0v) is 15.4. The monoisotopic (exact) mass is 365 g/mol. The molecule has 2 aliphatic rings. The lowest BCUT2D eigenvalue weighted by Gasteiger charge is -2.29. The van der Waals surface area contributed by atoms with E-state index >= 15 is 0 Å². The van der Waals surface area contributed by atoms with Crippen LogP contribution in [-0.4, -0.2) is 52.0 Å². The smallest absolute Gasteiger partial charge is 0.224 e. The van der Waals surface area contributed by atoms with E-state index in [-0.39, 0.29) is 17.4 Å². The Morgan fingerprint density at radius 2 is 1.92 bits per heavy atom. The highest BCUT2D eigenvalue weighted by Crippen LogP contribution is 2.22. The SMILES string of the molecule is O=C(CCC1CCNCC1)Nc1cccc(N2CCS(=O)(=O)CC2)c1. The van der Waals surface area contributed by atoms with Gasteiger partial charge in [0.15, 0.2) is 9.84 Å². The molecule has 0 unspecified atom stereocenters. The molecular formula is C18H27N3O3S. The fourth-order valence-electron chi connectivity index (χ4n) is 3.48. The van der Waals surface area contributed by atoms with Crippen molar-refractivity contribution in [3.8, 4) is 0 Å². The first-order valence-corrected chi connectivity index (χ1v) is 10.9. The molecule has 1 aromatic carbocycles. The third-order valence-corrected chi connectivity index (χ3v) is 6.69. The van der Waals surface area contributed by atoms with E-state index in [9.17, 15) is 13.2 Å². The molecule has 0 saturated carbocycles. The Morgan fingerprint density at radius 1 is 1.20 bits per heavy atom. The van der Waals surface area contributed by atoms with Gasteiger partial charge in [-0.05, 0) is 56.5 Å². The molecule has 0 spiro atoms. The van der Waals surface area contributed by atoms with Crippen molar-refractivity contribution >= 4 is 27.1 Å². The summed E-state index contributed by atoms with van der Waals surface area (Å²) in [5.74, 6) is 1.09. The highest BCUT2D eigenvalue weighted by molar-refractivity contribution is 7.91. The number of carbonyl (C=O) groups is 1. The molecule has 2 N–H and O–H groups in total. The van der Waals surface area contributed by atoms with Gasteiger partial charge in [-0.15, -0.1) is 0 Å². The van der Waals surface area contributed by atoms with Crippen LogP contribution >= 0.6 is 0 Å². The van der Waals surface area contributed by atoms with Crippen LogP contribution < -0.4 is 15.5 Å². The molecule has 0 atom stereocenters. The molecule has 1 aromatic rings. The lowest BCUT2D eigenvalue weighted by molar-refractivity contribution is -0.116. The second-order valence-electron chi connectivity index (χ2n) is 6.97. The minimum absolute atomic E-state index is 0.0527. The van der Waals surface area contributed by atoms with Gasteiger partial charge in [0.05, 0.1) is 11.5 Å². The average Bonchev–Trinajstić information content (AvgIpc) is 2.61. The molecule has 2 fully saturated rings. The Hall–Kier alpha value is -1.60. The summed E-state index contributed by atoms with van der Waals surface area (Å²) in [5.41, 5.74) is 1.74. The normalized spacial score (nSPS) is 21.0. The van der Waals surface area contributed by atoms with Gasteiger partial charge in [-0.1, -0.05) is 6.07 Å². The van der Waals surface area contributed by atoms with Crippen molar-refractivity contribution < 1.29 is 13.2 Å². The van der Waals surface area contributed by atoms with Crippen LogP contribution in [0.4, 0.5) is 11.4 Å². The minimum Gasteiger partial charge on any atom is -0.369 e. The van der Waals surface area contributed by atoms with Gasteiger partial charge in [0.2, 0.25) is 5.91 Å². The van der Waals surface area contributed by atoms with Gasteiger partial charge in [-0.2, -0.15) is 0 Å². The van der Waals surface area contributed by atoms with E-state index in [0.29, 0.717) is 25.4 Å². The predicted octanol–water partition coefficient (Wildman–Crippen LogP) is 1.64. The number of rotatable bonds is 5. The Morgan fingerprint density at radius 3 is 2.64 bits per heavy atom. The summed E-state index contributed by atoms with van der Waals surface area (Å²) >= 11 is 0. The third kappa shape index (κ3) is 5.44. The van der Waals surface area contributed by atoms with Crippen molar-refractivity contribution in [1.29, 1.82) is 0 Å². The van der Waals surface area contributed by atoms with Crippen LogP contribution in [0, 0.1) is 5.92 Å². The Labute approximate surface area is 149 Å². The fraction of sp³-hybridized carbons (Fsp3) is 0.611. The Bertz CT molecular complexity index is 685. The highest BCUT2D eigenvalue weighted by Gasteiger charge is 2.22. The molecule has 7 heteroatoms. The van der Waals surface area contributed by atoms with Crippen LogP contribution in [0.15, 0.2) is 24.3 Å². The van der Waals surface area contributed by atoms with Gasteiger partial charge in [0, 0.05) is 30.9 Å². The molecule has 2 heterocycles. The lowest BCUT2D eigenvalue weighted by Crippen LogP contribution is -2.40. The maximum absolute atomic E-state index is 12.2. The number of benzene rings is 1. The molecular weight excluding hydrogens is 338 g/mol. The first-order chi connectivity index (χ1) is 12.0. The molecule has 0 aliphatic carbocycles. The Balaban J connectivity index is 1.51. The van der Waals surface area contributed by atoms with Crippen molar-refractivity contribution in [1.82, 2.24) is 5.32 Å². The minimum atomic E-state index is -2.89. The number of hydrogen-bond donors (Lipinski definition) is 2. The molecule has 6 nitrogen and oxygen atoms in total. The van der Waals surface area contributed by atoms with Crippen molar-refractivity contribution in [3.05, 3.63) is 24.3 Å². The number of amides is 1. The summed E-state index contributed by atoms with van der Waals surface area (Å²) < 4.78 is 23.1. The van der Waals surface area contributed by atoms with E-state index in [1.807, 2.05) is 24.3 Å². The van der Waals surface area contributed by atoms with Gasteiger partial charge >= 0.3 is 0 Å². The maximum atomic E-state index is 12.2. The maximum Gasteiger partial charge on any atom is 0.224 e. The third-order valence-electron chi connectivity index (χ3n) is 5.08. The van der Waals surface area contributed by atoms with E-state index in [2.05, 4.69) is 15.5 Å². The van der Waals surface area contributed by atoms with E-state index in [4.69, 9.17) is 0 Å². The van der Waals surface area contributed by atoms with Crippen molar-refractivity contribution in [3.63, 3.8) is 0 Å². The topological polar surface area (TPSA) is 78.5 Å². The summed E-state index contributed by atoms with van der Waals surface area (Å²) in [6.07, 6.45) is 3.80. The van der Waals surface area contributed by atoms with Gasteiger partial charge in [0.25, 0.3) is 0 Å². The molecule has 0 bridgehead atoms. The largest absolute Gasteiger partial charge is 0.369 e. The first kappa shape index (κ1) is 18.2. The van der Waals surface area contributed by atoms with Crippen molar-refractivity contribution in [2.45, 2.75) is 25.7 Å². The van der Waals surface area contributed by atoms with Crippen LogP contribution in [0.1, 0.15) is 25.7 Å². The number of anilines is 2. The number of nitrogens with zero attached hydrogens (tertiary/aromatic N) is 1. The molecule has 25 heavy (non-hydrogen) atoms. The van der Waals surface area contributed by atoms with Crippen LogP contribution in [0.25, 0.3) is 0 Å². The zero-order chi connectivity index (χ0) is 17.7. The number of hydrogen-bond acceptors (Lipinski definition) is 5. The summed E-state index contributed by atoms with van der Waals surface area (Å²) in [6.45, 7) is 3.13. The average molecular weight is 365 g/mol. The number of nitrogens with one attached hydrogen (secondary N) is 2.